The maximum atomic E-state index is 5.40. The summed E-state index contributed by atoms with van der Waals surface area (Å²) in [5.74, 6) is 3.78. The van der Waals surface area contributed by atoms with Crippen molar-refractivity contribution in [3.63, 3.8) is 0 Å². The molecule has 1 unspecified atom stereocenters. The molecule has 1 saturated heterocycles. The minimum absolute atomic E-state index is 0. The first-order valence-electron chi connectivity index (χ1n) is 9.72. The number of nitrogens with one attached hydrogen (secondary N) is 2. The van der Waals surface area contributed by atoms with Crippen LogP contribution in [0.4, 0.5) is 5.69 Å². The van der Waals surface area contributed by atoms with Gasteiger partial charge in [0.1, 0.15) is 11.5 Å². The third-order valence-electron chi connectivity index (χ3n) is 4.60. The number of hydrogen-bond donors (Lipinski definition) is 2. The lowest BCUT2D eigenvalue weighted by atomic mass is 10.2. The first-order chi connectivity index (χ1) is 13.2. The average Bonchev–Trinajstić information content (AvgIpc) is 3.16. The minimum Gasteiger partial charge on any atom is -0.497 e. The van der Waals surface area contributed by atoms with E-state index in [-0.39, 0.29) is 24.0 Å². The average molecular weight is 522 g/mol. The fraction of sp³-hybridized carbons (Fsp3) is 0.650. The molecule has 1 atom stereocenters. The van der Waals surface area contributed by atoms with Gasteiger partial charge in [0, 0.05) is 56.1 Å². The van der Waals surface area contributed by atoms with Gasteiger partial charge in [-0.3, -0.25) is 4.99 Å². The molecule has 0 bridgehead atoms. The number of benzene rings is 1. The largest absolute Gasteiger partial charge is 0.497 e. The van der Waals surface area contributed by atoms with Gasteiger partial charge in [0.15, 0.2) is 5.96 Å². The lowest BCUT2D eigenvalue weighted by Gasteiger charge is -2.21. The Morgan fingerprint density at radius 3 is 2.54 bits per heavy atom. The van der Waals surface area contributed by atoms with Crippen LogP contribution in [-0.2, 0) is 0 Å². The van der Waals surface area contributed by atoms with E-state index in [0.717, 1.165) is 62.2 Å². The molecule has 0 aliphatic carbocycles. The van der Waals surface area contributed by atoms with E-state index in [2.05, 4.69) is 40.8 Å². The Labute approximate surface area is 191 Å². The molecule has 1 aliphatic heterocycles. The summed E-state index contributed by atoms with van der Waals surface area (Å²) >= 11 is 1.90. The molecular formula is C20H35IN4O2S. The van der Waals surface area contributed by atoms with Gasteiger partial charge in [0.2, 0.25) is 0 Å². The van der Waals surface area contributed by atoms with Crippen LogP contribution in [0.15, 0.2) is 23.2 Å². The van der Waals surface area contributed by atoms with Crippen LogP contribution in [0, 0.1) is 0 Å². The zero-order valence-electron chi connectivity index (χ0n) is 17.5. The highest BCUT2D eigenvalue weighted by molar-refractivity contribution is 14.0. The van der Waals surface area contributed by atoms with Gasteiger partial charge in [-0.05, 0) is 38.2 Å². The Balaban J connectivity index is 0.00000392. The van der Waals surface area contributed by atoms with Gasteiger partial charge < -0.3 is 25.0 Å². The zero-order valence-corrected chi connectivity index (χ0v) is 20.6. The molecule has 0 saturated carbocycles. The summed E-state index contributed by atoms with van der Waals surface area (Å²) in [4.78, 5) is 7.09. The lowest BCUT2D eigenvalue weighted by molar-refractivity contribution is 0.394. The molecule has 8 heteroatoms. The molecule has 1 aromatic carbocycles. The Bertz CT molecular complexity index is 581. The number of guanidine groups is 1. The number of thioether (sulfide) groups is 1. The number of ether oxygens (including phenoxy) is 2. The summed E-state index contributed by atoms with van der Waals surface area (Å²) in [5.41, 5.74) is 1.13. The second kappa shape index (κ2) is 14.0. The summed E-state index contributed by atoms with van der Waals surface area (Å²) in [7, 11) is 3.37. The van der Waals surface area contributed by atoms with E-state index in [1.165, 1.54) is 12.2 Å². The van der Waals surface area contributed by atoms with Gasteiger partial charge in [0.25, 0.3) is 0 Å². The Hall–Kier alpha value is -1.03. The first kappa shape index (κ1) is 25.0. The molecule has 2 N–H and O–H groups in total. The van der Waals surface area contributed by atoms with E-state index in [4.69, 9.17) is 14.5 Å². The predicted octanol–water partition coefficient (Wildman–Crippen LogP) is 3.60. The first-order valence-corrected chi connectivity index (χ1v) is 11.1. The minimum atomic E-state index is 0. The molecular weight excluding hydrogens is 487 g/mol. The molecule has 1 aromatic rings. The van der Waals surface area contributed by atoms with Crippen molar-refractivity contribution >= 4 is 47.4 Å². The quantitative estimate of drug-likeness (QED) is 0.212. The predicted molar refractivity (Wildman–Crippen MR) is 132 cm³/mol. The van der Waals surface area contributed by atoms with E-state index < -0.39 is 0 Å². The van der Waals surface area contributed by atoms with E-state index in [9.17, 15) is 0 Å². The molecule has 0 amide bonds. The van der Waals surface area contributed by atoms with Crippen LogP contribution in [0.2, 0.25) is 0 Å². The van der Waals surface area contributed by atoms with Crippen LogP contribution < -0.4 is 25.0 Å². The van der Waals surface area contributed by atoms with Crippen LogP contribution in [0.1, 0.15) is 26.2 Å². The number of nitrogens with zero attached hydrogens (tertiary/aromatic N) is 2. The molecule has 0 aromatic heterocycles. The highest BCUT2D eigenvalue weighted by atomic mass is 127. The third-order valence-corrected chi connectivity index (χ3v) is 5.30. The van der Waals surface area contributed by atoms with Crippen LogP contribution in [0.25, 0.3) is 0 Å². The van der Waals surface area contributed by atoms with E-state index in [0.29, 0.717) is 6.04 Å². The van der Waals surface area contributed by atoms with E-state index in [1.54, 1.807) is 14.2 Å². The van der Waals surface area contributed by atoms with Crippen molar-refractivity contribution in [2.45, 2.75) is 32.2 Å². The van der Waals surface area contributed by atoms with Crippen LogP contribution >= 0.6 is 35.7 Å². The summed E-state index contributed by atoms with van der Waals surface area (Å²) in [6, 6.07) is 6.42. The zero-order chi connectivity index (χ0) is 19.5. The second-order valence-corrected chi connectivity index (χ2v) is 7.59. The van der Waals surface area contributed by atoms with Crippen molar-refractivity contribution in [3.05, 3.63) is 18.2 Å². The van der Waals surface area contributed by atoms with Crippen LogP contribution in [0.5, 0.6) is 11.5 Å². The Kier molecular flexibility index (Phi) is 12.5. The normalized spacial score (nSPS) is 16.5. The molecule has 1 heterocycles. The number of halogens is 1. The highest BCUT2D eigenvalue weighted by Gasteiger charge is 2.24. The molecule has 28 heavy (non-hydrogen) atoms. The molecule has 1 aliphatic rings. The Morgan fingerprint density at radius 2 is 1.93 bits per heavy atom. The van der Waals surface area contributed by atoms with Gasteiger partial charge in [-0.25, -0.2) is 0 Å². The summed E-state index contributed by atoms with van der Waals surface area (Å²) < 4.78 is 10.8. The number of methoxy groups -OCH3 is 2. The SMILES string of the molecule is CCNC(=NCCCCSC)NC1CCN(c2cc(OC)cc(OC)c2)C1.I. The number of anilines is 1. The number of aliphatic imine (C=N–C) groups is 1. The molecule has 1 fully saturated rings. The number of rotatable bonds is 10. The summed E-state index contributed by atoms with van der Waals surface area (Å²) in [6.45, 7) is 5.79. The van der Waals surface area contributed by atoms with Crippen molar-refractivity contribution in [2.75, 3.05) is 57.3 Å². The summed E-state index contributed by atoms with van der Waals surface area (Å²) in [6.07, 6.45) is 5.59. The van der Waals surface area contributed by atoms with Gasteiger partial charge in [-0.2, -0.15) is 11.8 Å². The maximum Gasteiger partial charge on any atom is 0.191 e. The highest BCUT2D eigenvalue weighted by Crippen LogP contribution is 2.30. The molecule has 160 valence electrons. The molecule has 0 radical (unpaired) electrons. The van der Waals surface area contributed by atoms with Gasteiger partial charge in [0.05, 0.1) is 14.2 Å². The third kappa shape index (κ3) is 8.14. The fourth-order valence-electron chi connectivity index (χ4n) is 3.15. The van der Waals surface area contributed by atoms with Crippen molar-refractivity contribution in [3.8, 4) is 11.5 Å². The topological polar surface area (TPSA) is 58.1 Å². The molecule has 2 rings (SSSR count). The monoisotopic (exact) mass is 522 g/mol. The number of hydrogen-bond acceptors (Lipinski definition) is 5. The van der Waals surface area contributed by atoms with Crippen molar-refractivity contribution in [1.29, 1.82) is 0 Å². The lowest BCUT2D eigenvalue weighted by Crippen LogP contribution is -2.44. The van der Waals surface area contributed by atoms with Crippen LogP contribution in [-0.4, -0.2) is 64.4 Å². The van der Waals surface area contributed by atoms with E-state index >= 15 is 0 Å². The smallest absolute Gasteiger partial charge is 0.191 e. The fourth-order valence-corrected chi connectivity index (χ4v) is 3.64. The standard InChI is InChI=1S/C20H34N4O2S.HI/c1-5-21-20(22-9-6-7-11-27-4)23-16-8-10-24(15-16)17-12-18(25-2)14-19(13-17)26-3;/h12-14,16H,5-11,15H2,1-4H3,(H2,21,22,23);1H. The summed E-state index contributed by atoms with van der Waals surface area (Å²) in [5, 5.41) is 6.96. The van der Waals surface area contributed by atoms with Crippen molar-refractivity contribution < 1.29 is 9.47 Å². The van der Waals surface area contributed by atoms with E-state index in [1.807, 2.05) is 17.8 Å². The maximum absolute atomic E-state index is 5.40. The van der Waals surface area contributed by atoms with Crippen LogP contribution in [0.3, 0.4) is 0 Å². The van der Waals surface area contributed by atoms with Gasteiger partial charge in [-0.1, -0.05) is 0 Å². The van der Waals surface area contributed by atoms with Crippen molar-refractivity contribution in [2.24, 2.45) is 4.99 Å². The number of unbranched alkanes of at least 4 members (excludes halogenated alkanes) is 1. The van der Waals surface area contributed by atoms with Gasteiger partial charge in [-0.15, -0.1) is 24.0 Å². The molecule has 6 nitrogen and oxygen atoms in total. The van der Waals surface area contributed by atoms with Crippen molar-refractivity contribution in [1.82, 2.24) is 10.6 Å². The Morgan fingerprint density at radius 1 is 1.21 bits per heavy atom. The molecule has 0 spiro atoms. The van der Waals surface area contributed by atoms with Gasteiger partial charge >= 0.3 is 0 Å². The second-order valence-electron chi connectivity index (χ2n) is 6.61.